The largest absolute Gasteiger partial charge is 0.476 e. The van der Waals surface area contributed by atoms with Gasteiger partial charge in [-0.25, -0.2) is 4.98 Å². The molecule has 2 aromatic rings. The summed E-state index contributed by atoms with van der Waals surface area (Å²) in [5.74, 6) is 0.473. The van der Waals surface area contributed by atoms with Gasteiger partial charge in [-0.1, -0.05) is 17.7 Å². The third-order valence-corrected chi connectivity index (χ3v) is 3.47. The van der Waals surface area contributed by atoms with Crippen LogP contribution in [0.3, 0.4) is 0 Å². The van der Waals surface area contributed by atoms with Gasteiger partial charge in [0.05, 0.1) is 6.61 Å². The van der Waals surface area contributed by atoms with Gasteiger partial charge in [0.2, 0.25) is 5.88 Å². The number of pyridine rings is 1. The number of hydrogen-bond donors (Lipinski definition) is 1. The van der Waals surface area contributed by atoms with Crippen LogP contribution in [-0.2, 0) is 13.0 Å². The zero-order chi connectivity index (χ0) is 12.1. The van der Waals surface area contributed by atoms with Crippen LogP contribution in [0.1, 0.15) is 10.4 Å². The van der Waals surface area contributed by atoms with E-state index in [4.69, 9.17) is 22.1 Å². The van der Waals surface area contributed by atoms with Crippen molar-refractivity contribution in [2.75, 3.05) is 6.61 Å². The van der Waals surface area contributed by atoms with Crippen molar-refractivity contribution in [1.29, 1.82) is 0 Å². The summed E-state index contributed by atoms with van der Waals surface area (Å²) in [6, 6.07) is 5.90. The van der Waals surface area contributed by atoms with Crippen LogP contribution in [0.4, 0.5) is 0 Å². The summed E-state index contributed by atoms with van der Waals surface area (Å²) in [5, 5.41) is 2.57. The van der Waals surface area contributed by atoms with Gasteiger partial charge >= 0.3 is 0 Å². The first-order valence-corrected chi connectivity index (χ1v) is 6.55. The zero-order valence-corrected chi connectivity index (χ0v) is 10.8. The number of nitrogens with zero attached hydrogens (tertiary/aromatic N) is 1. The predicted molar refractivity (Wildman–Crippen MR) is 70.7 cm³/mol. The van der Waals surface area contributed by atoms with Crippen LogP contribution in [0.25, 0.3) is 0 Å². The Morgan fingerprint density at radius 3 is 3.00 bits per heavy atom. The Labute approximate surface area is 109 Å². The second kappa shape index (κ2) is 6.00. The summed E-state index contributed by atoms with van der Waals surface area (Å²) in [5.41, 5.74) is 6.40. The Morgan fingerprint density at radius 1 is 1.47 bits per heavy atom. The fraction of sp³-hybridized carbons (Fsp3) is 0.250. The van der Waals surface area contributed by atoms with Crippen molar-refractivity contribution in [1.82, 2.24) is 4.98 Å². The molecule has 3 nitrogen and oxygen atoms in total. The molecule has 0 radical (unpaired) electrons. The molecule has 0 saturated carbocycles. The molecule has 0 saturated heterocycles. The molecule has 0 spiro atoms. The van der Waals surface area contributed by atoms with E-state index in [1.54, 1.807) is 23.6 Å². The van der Waals surface area contributed by atoms with Crippen molar-refractivity contribution in [2.45, 2.75) is 13.0 Å². The maximum Gasteiger partial charge on any atom is 0.232 e. The molecule has 0 unspecified atom stereocenters. The smallest absolute Gasteiger partial charge is 0.232 e. The Hall–Kier alpha value is -1.10. The first kappa shape index (κ1) is 12.4. The van der Waals surface area contributed by atoms with Gasteiger partial charge in [0.15, 0.2) is 0 Å². The van der Waals surface area contributed by atoms with E-state index < -0.39 is 0 Å². The van der Waals surface area contributed by atoms with E-state index in [1.807, 2.05) is 6.07 Å². The van der Waals surface area contributed by atoms with Crippen LogP contribution in [0.5, 0.6) is 5.88 Å². The average molecular weight is 269 g/mol. The van der Waals surface area contributed by atoms with Crippen molar-refractivity contribution in [2.24, 2.45) is 5.73 Å². The van der Waals surface area contributed by atoms with E-state index in [9.17, 15) is 0 Å². The highest BCUT2D eigenvalue weighted by Crippen LogP contribution is 2.22. The minimum Gasteiger partial charge on any atom is -0.476 e. The molecule has 2 heterocycles. The fourth-order valence-corrected chi connectivity index (χ4v) is 2.32. The molecule has 5 heteroatoms. The van der Waals surface area contributed by atoms with E-state index in [0.29, 0.717) is 24.1 Å². The minimum atomic E-state index is 0.433. The number of thiophene rings is 1. The fourth-order valence-electron chi connectivity index (χ4n) is 1.39. The highest BCUT2D eigenvalue weighted by molar-refractivity contribution is 7.09. The van der Waals surface area contributed by atoms with E-state index in [1.165, 1.54) is 4.88 Å². The van der Waals surface area contributed by atoms with Crippen molar-refractivity contribution < 1.29 is 4.74 Å². The van der Waals surface area contributed by atoms with Crippen molar-refractivity contribution >= 4 is 22.9 Å². The molecular formula is C12H13ClN2OS. The van der Waals surface area contributed by atoms with Gasteiger partial charge in [0.25, 0.3) is 0 Å². The summed E-state index contributed by atoms with van der Waals surface area (Å²) in [6.45, 7) is 1.01. The highest BCUT2D eigenvalue weighted by Gasteiger charge is 2.04. The van der Waals surface area contributed by atoms with Crippen molar-refractivity contribution in [3.8, 4) is 5.88 Å². The van der Waals surface area contributed by atoms with Crippen LogP contribution in [-0.4, -0.2) is 11.6 Å². The molecule has 0 aliphatic rings. The van der Waals surface area contributed by atoms with E-state index >= 15 is 0 Å². The molecule has 2 aromatic heterocycles. The first-order valence-electron chi connectivity index (χ1n) is 5.29. The Morgan fingerprint density at radius 2 is 2.35 bits per heavy atom. The minimum absolute atomic E-state index is 0.433. The quantitative estimate of drug-likeness (QED) is 0.907. The lowest BCUT2D eigenvalue weighted by Gasteiger charge is -2.07. The Kier molecular flexibility index (Phi) is 4.36. The second-order valence-electron chi connectivity index (χ2n) is 3.51. The number of aromatic nitrogens is 1. The van der Waals surface area contributed by atoms with E-state index in [-0.39, 0.29) is 0 Å². The first-order chi connectivity index (χ1) is 8.29. The number of nitrogens with two attached hydrogens (primary N) is 1. The SMILES string of the molecule is NCc1cnc(OCCc2cccs2)c(Cl)c1. The van der Waals surface area contributed by atoms with Crippen molar-refractivity contribution in [3.05, 3.63) is 45.2 Å². The molecule has 2 N–H and O–H groups in total. The third kappa shape index (κ3) is 3.43. The van der Waals surface area contributed by atoms with Gasteiger partial charge in [0.1, 0.15) is 5.02 Å². The molecule has 17 heavy (non-hydrogen) atoms. The van der Waals surface area contributed by atoms with Gasteiger partial charge in [-0.05, 0) is 23.1 Å². The molecule has 0 amide bonds. The summed E-state index contributed by atoms with van der Waals surface area (Å²) in [7, 11) is 0. The number of ether oxygens (including phenoxy) is 1. The lowest BCUT2D eigenvalue weighted by molar-refractivity contribution is 0.310. The molecule has 0 fully saturated rings. The molecule has 0 aliphatic heterocycles. The maximum absolute atomic E-state index is 6.03. The summed E-state index contributed by atoms with van der Waals surface area (Å²) >= 11 is 7.75. The number of rotatable bonds is 5. The van der Waals surface area contributed by atoms with Crippen molar-refractivity contribution in [3.63, 3.8) is 0 Å². The molecule has 0 atom stereocenters. The Bertz CT molecular complexity index is 473. The van der Waals surface area contributed by atoms with E-state index in [2.05, 4.69) is 16.4 Å². The normalized spacial score (nSPS) is 10.5. The van der Waals surface area contributed by atoms with Crippen LogP contribution in [0.15, 0.2) is 29.8 Å². The summed E-state index contributed by atoms with van der Waals surface area (Å²) < 4.78 is 5.53. The monoisotopic (exact) mass is 268 g/mol. The molecule has 2 rings (SSSR count). The average Bonchev–Trinajstić information content (AvgIpc) is 2.84. The molecule has 90 valence electrons. The predicted octanol–water partition coefficient (Wildman–Crippen LogP) is 2.88. The topological polar surface area (TPSA) is 48.1 Å². The maximum atomic E-state index is 6.03. The van der Waals surface area contributed by atoms with Crippen LogP contribution >= 0.6 is 22.9 Å². The van der Waals surface area contributed by atoms with Gasteiger partial charge in [-0.2, -0.15) is 0 Å². The van der Waals surface area contributed by atoms with Crippen LogP contribution in [0, 0.1) is 0 Å². The van der Waals surface area contributed by atoms with Gasteiger partial charge in [-0.15, -0.1) is 11.3 Å². The van der Waals surface area contributed by atoms with Crippen LogP contribution < -0.4 is 10.5 Å². The zero-order valence-electron chi connectivity index (χ0n) is 9.23. The number of halogens is 1. The van der Waals surface area contributed by atoms with Gasteiger partial charge in [0, 0.05) is 24.0 Å². The second-order valence-corrected chi connectivity index (χ2v) is 4.95. The Balaban J connectivity index is 1.90. The lowest BCUT2D eigenvalue weighted by atomic mass is 10.3. The lowest BCUT2D eigenvalue weighted by Crippen LogP contribution is -2.03. The molecular weight excluding hydrogens is 256 g/mol. The molecule has 0 aromatic carbocycles. The number of hydrogen-bond acceptors (Lipinski definition) is 4. The summed E-state index contributed by atoms with van der Waals surface area (Å²) in [6.07, 6.45) is 2.56. The van der Waals surface area contributed by atoms with Gasteiger partial charge in [-0.3, -0.25) is 0 Å². The molecule has 0 bridgehead atoms. The van der Waals surface area contributed by atoms with E-state index in [0.717, 1.165) is 12.0 Å². The highest BCUT2D eigenvalue weighted by atomic mass is 35.5. The summed E-state index contributed by atoms with van der Waals surface area (Å²) in [4.78, 5) is 5.43. The van der Waals surface area contributed by atoms with Crippen LogP contribution in [0.2, 0.25) is 5.02 Å². The standard InChI is InChI=1S/C12H13ClN2OS/c13-11-6-9(7-14)8-15-12(11)16-4-3-10-2-1-5-17-10/h1-2,5-6,8H,3-4,7,14H2. The third-order valence-electron chi connectivity index (χ3n) is 2.27. The molecule has 0 aliphatic carbocycles. The van der Waals surface area contributed by atoms with Gasteiger partial charge < -0.3 is 10.5 Å².